The topological polar surface area (TPSA) is 84.5 Å². The first-order valence-electron chi connectivity index (χ1n) is 10.0. The summed E-state index contributed by atoms with van der Waals surface area (Å²) in [4.78, 5) is 34.7. The lowest BCUT2D eigenvalue weighted by atomic mass is 10.1. The molecule has 9 heteroatoms. The van der Waals surface area contributed by atoms with E-state index in [2.05, 4.69) is 4.98 Å². The Labute approximate surface area is 198 Å². The van der Waals surface area contributed by atoms with E-state index in [1.54, 1.807) is 60.9 Å². The summed E-state index contributed by atoms with van der Waals surface area (Å²) in [6.45, 7) is 10.9. The zero-order chi connectivity index (χ0) is 23.1. The second-order valence-electron chi connectivity index (χ2n) is 9.52. The third-order valence-electron chi connectivity index (χ3n) is 4.39. The number of rotatable bonds is 3. The summed E-state index contributed by atoms with van der Waals surface area (Å²) < 4.78 is 11.1. The molecule has 0 fully saturated rings. The van der Waals surface area contributed by atoms with Crippen molar-refractivity contribution in [3.63, 3.8) is 0 Å². The lowest BCUT2D eigenvalue weighted by molar-refractivity contribution is 0.00659. The van der Waals surface area contributed by atoms with Gasteiger partial charge < -0.3 is 19.4 Å². The lowest BCUT2D eigenvalue weighted by Crippen LogP contribution is -2.34. The van der Waals surface area contributed by atoms with Gasteiger partial charge in [-0.3, -0.25) is 0 Å². The van der Waals surface area contributed by atoms with Crippen molar-refractivity contribution in [3.8, 4) is 0 Å². The van der Waals surface area contributed by atoms with Crippen LogP contribution in [0.1, 0.15) is 57.6 Å². The fourth-order valence-electron chi connectivity index (χ4n) is 3.19. The van der Waals surface area contributed by atoms with E-state index in [1.165, 1.54) is 4.90 Å². The number of halogens is 2. The van der Waals surface area contributed by atoms with Gasteiger partial charge in [0.05, 0.1) is 23.3 Å². The van der Waals surface area contributed by atoms with Crippen LogP contribution in [0, 0.1) is 0 Å². The van der Waals surface area contributed by atoms with Crippen molar-refractivity contribution in [3.05, 3.63) is 40.8 Å². The number of fused-ring (bicyclic) bond motifs is 3. The maximum absolute atomic E-state index is 13.1. The van der Waals surface area contributed by atoms with E-state index in [9.17, 15) is 9.59 Å². The van der Waals surface area contributed by atoms with E-state index >= 15 is 0 Å². The molecular weight excluding hydrogens is 453 g/mol. The highest BCUT2D eigenvalue weighted by Crippen LogP contribution is 2.32. The second-order valence-corrected chi connectivity index (χ2v) is 9.92. The number of hydrogen-bond donors (Lipinski definition) is 1. The molecule has 0 radical (unpaired) electrons. The molecule has 0 aliphatic rings. The Morgan fingerprint density at radius 1 is 1.06 bits per heavy atom. The number of nitrogens with one attached hydrogen (secondary N) is 1. The number of carbonyl (C=O) groups is 2. The Balaban J connectivity index is 0.00000363. The molecule has 0 spiro atoms. The van der Waals surface area contributed by atoms with Gasteiger partial charge >= 0.3 is 12.1 Å². The van der Waals surface area contributed by atoms with Gasteiger partial charge in [0.1, 0.15) is 16.4 Å². The SMILES string of the molecule is CN(Cc1nc2c(ccc3c[nH]c(Cl)cc32)c1C(=O)OC(C)(C)C)C(=O)OC(C)(C)C.Cl. The van der Waals surface area contributed by atoms with E-state index in [0.29, 0.717) is 27.3 Å². The minimum atomic E-state index is -0.676. The van der Waals surface area contributed by atoms with Crippen LogP contribution < -0.4 is 0 Å². The lowest BCUT2D eigenvalue weighted by Gasteiger charge is -2.24. The van der Waals surface area contributed by atoms with Crippen LogP contribution >= 0.6 is 24.0 Å². The van der Waals surface area contributed by atoms with Crippen molar-refractivity contribution in [2.75, 3.05) is 7.05 Å². The molecule has 0 atom stereocenters. The highest BCUT2D eigenvalue weighted by Gasteiger charge is 2.28. The first-order chi connectivity index (χ1) is 14.2. The van der Waals surface area contributed by atoms with E-state index in [-0.39, 0.29) is 19.0 Å². The maximum atomic E-state index is 13.1. The summed E-state index contributed by atoms with van der Waals surface area (Å²) in [5, 5.41) is 2.81. The summed E-state index contributed by atoms with van der Waals surface area (Å²) in [5.41, 5.74) is 0.0963. The number of H-pyrrole nitrogens is 1. The Bertz CT molecular complexity index is 1160. The Kier molecular flexibility index (Phi) is 7.37. The Hall–Kier alpha value is -2.51. The largest absolute Gasteiger partial charge is 0.456 e. The van der Waals surface area contributed by atoms with Gasteiger partial charge in [-0.05, 0) is 47.6 Å². The van der Waals surface area contributed by atoms with Gasteiger partial charge in [0.2, 0.25) is 0 Å². The molecule has 0 bridgehead atoms. The van der Waals surface area contributed by atoms with Crippen LogP contribution in [0.4, 0.5) is 4.79 Å². The summed E-state index contributed by atoms with van der Waals surface area (Å²) in [6.07, 6.45) is 1.28. The van der Waals surface area contributed by atoms with Crippen molar-refractivity contribution >= 4 is 57.7 Å². The van der Waals surface area contributed by atoms with Crippen LogP contribution in [0.25, 0.3) is 21.7 Å². The highest BCUT2D eigenvalue weighted by molar-refractivity contribution is 6.30. The molecule has 1 aromatic carbocycles. The van der Waals surface area contributed by atoms with Gasteiger partial charge in [-0.1, -0.05) is 23.7 Å². The zero-order valence-electron chi connectivity index (χ0n) is 19.3. The van der Waals surface area contributed by atoms with Crippen molar-refractivity contribution in [1.82, 2.24) is 14.9 Å². The van der Waals surface area contributed by atoms with Gasteiger partial charge in [-0.15, -0.1) is 12.4 Å². The Morgan fingerprint density at radius 3 is 2.28 bits per heavy atom. The smallest absolute Gasteiger partial charge is 0.410 e. The second kappa shape index (κ2) is 9.16. The van der Waals surface area contributed by atoms with Gasteiger partial charge in [-0.2, -0.15) is 0 Å². The van der Waals surface area contributed by atoms with Crippen molar-refractivity contribution < 1.29 is 19.1 Å². The fraction of sp³-hybridized carbons (Fsp3) is 0.435. The van der Waals surface area contributed by atoms with Crippen LogP contribution in [0.2, 0.25) is 5.15 Å². The molecule has 2 aromatic heterocycles. The van der Waals surface area contributed by atoms with Crippen LogP contribution in [-0.4, -0.2) is 45.2 Å². The van der Waals surface area contributed by atoms with Gasteiger partial charge in [0, 0.05) is 29.4 Å². The molecule has 0 aliphatic carbocycles. The number of hydrogen-bond acceptors (Lipinski definition) is 5. The number of aromatic nitrogens is 2. The number of aromatic amines is 1. The van der Waals surface area contributed by atoms with Crippen molar-refractivity contribution in [2.45, 2.75) is 59.3 Å². The molecule has 2 heterocycles. The number of benzene rings is 1. The normalized spacial score (nSPS) is 11.9. The molecular formula is C23H29Cl2N3O4. The molecule has 0 aliphatic heterocycles. The summed E-state index contributed by atoms with van der Waals surface area (Å²) in [7, 11) is 1.61. The molecule has 3 rings (SSSR count). The minimum absolute atomic E-state index is 0. The van der Waals surface area contributed by atoms with E-state index in [0.717, 1.165) is 10.8 Å². The van der Waals surface area contributed by atoms with E-state index in [4.69, 9.17) is 26.1 Å². The highest BCUT2D eigenvalue weighted by atomic mass is 35.5. The predicted molar refractivity (Wildman–Crippen MR) is 129 cm³/mol. The summed E-state index contributed by atoms with van der Waals surface area (Å²) >= 11 is 6.16. The molecule has 0 unspecified atom stereocenters. The van der Waals surface area contributed by atoms with Gasteiger partial charge in [0.15, 0.2) is 0 Å². The predicted octanol–water partition coefficient (Wildman–Crippen LogP) is 6.11. The van der Waals surface area contributed by atoms with Gasteiger partial charge in [0.25, 0.3) is 0 Å². The average Bonchev–Trinajstić information content (AvgIpc) is 2.97. The van der Waals surface area contributed by atoms with Crippen LogP contribution in [0.3, 0.4) is 0 Å². The maximum Gasteiger partial charge on any atom is 0.410 e. The zero-order valence-corrected chi connectivity index (χ0v) is 20.9. The van der Waals surface area contributed by atoms with Gasteiger partial charge in [-0.25, -0.2) is 14.6 Å². The van der Waals surface area contributed by atoms with Crippen LogP contribution in [-0.2, 0) is 16.0 Å². The molecule has 174 valence electrons. The van der Waals surface area contributed by atoms with Crippen molar-refractivity contribution in [2.24, 2.45) is 0 Å². The average molecular weight is 482 g/mol. The van der Waals surface area contributed by atoms with E-state index in [1.807, 2.05) is 12.1 Å². The first kappa shape index (κ1) is 25.7. The molecule has 0 saturated heterocycles. The number of esters is 1. The number of nitrogens with zero attached hydrogens (tertiary/aromatic N) is 2. The number of pyridine rings is 1. The third-order valence-corrected chi connectivity index (χ3v) is 4.61. The van der Waals surface area contributed by atoms with Crippen LogP contribution in [0.15, 0.2) is 24.4 Å². The fourth-order valence-corrected chi connectivity index (χ4v) is 3.35. The quantitative estimate of drug-likeness (QED) is 0.360. The van der Waals surface area contributed by atoms with Crippen LogP contribution in [0.5, 0.6) is 0 Å². The molecule has 3 aromatic rings. The number of amides is 1. The monoisotopic (exact) mass is 481 g/mol. The molecule has 1 amide bonds. The van der Waals surface area contributed by atoms with Crippen molar-refractivity contribution in [1.29, 1.82) is 0 Å². The third kappa shape index (κ3) is 5.84. The molecule has 1 N–H and O–H groups in total. The minimum Gasteiger partial charge on any atom is -0.456 e. The Morgan fingerprint density at radius 2 is 1.69 bits per heavy atom. The summed E-state index contributed by atoms with van der Waals surface area (Å²) in [5.74, 6) is -0.490. The molecule has 0 saturated carbocycles. The summed E-state index contributed by atoms with van der Waals surface area (Å²) in [6, 6.07) is 5.50. The molecule has 32 heavy (non-hydrogen) atoms. The number of ether oxygens (including phenoxy) is 2. The van der Waals surface area contributed by atoms with E-state index < -0.39 is 23.3 Å². The standard InChI is InChI=1S/C23H28ClN3O4.ClH/c1-22(2,3)30-20(28)18-14-9-8-13-11-25-17(24)10-15(13)19(14)26-16(18)12-27(7)21(29)31-23(4,5)6;/h8-11,25H,12H2,1-7H3;1H. The molecule has 7 nitrogen and oxygen atoms in total. The number of carbonyl (C=O) groups excluding carboxylic acids is 2. The first-order valence-corrected chi connectivity index (χ1v) is 10.4.